The lowest BCUT2D eigenvalue weighted by molar-refractivity contribution is 0.452. The molecular formula is C12H12N6. The molecule has 18 heavy (non-hydrogen) atoms. The van der Waals surface area contributed by atoms with Crippen LogP contribution in [0.25, 0.3) is 0 Å². The first kappa shape index (κ1) is 9.76. The van der Waals surface area contributed by atoms with Crippen LogP contribution in [0, 0.1) is 5.92 Å². The number of tetrazole rings is 1. The fourth-order valence-electron chi connectivity index (χ4n) is 3.03. The number of aryl methyl sites for hydroxylation is 1. The molecular weight excluding hydrogens is 228 g/mol. The number of nitrogens with two attached hydrogens (primary N) is 1. The van der Waals surface area contributed by atoms with Crippen LogP contribution in [-0.2, 0) is 6.42 Å². The van der Waals surface area contributed by atoms with Gasteiger partial charge in [0.25, 0.3) is 0 Å². The summed E-state index contributed by atoms with van der Waals surface area (Å²) in [5.41, 5.74) is 8.70. The Morgan fingerprint density at radius 2 is 2.17 bits per heavy atom. The van der Waals surface area contributed by atoms with E-state index in [0.29, 0.717) is 5.84 Å². The predicted molar refractivity (Wildman–Crippen MR) is 64.9 cm³/mol. The summed E-state index contributed by atoms with van der Waals surface area (Å²) in [6.45, 7) is 0. The Hall–Kier alpha value is -2.24. The van der Waals surface area contributed by atoms with E-state index in [1.807, 2.05) is 0 Å². The van der Waals surface area contributed by atoms with E-state index in [1.165, 1.54) is 15.9 Å². The predicted octanol–water partition coefficient (Wildman–Crippen LogP) is 0.501. The minimum Gasteiger partial charge on any atom is -0.385 e. The summed E-state index contributed by atoms with van der Waals surface area (Å²) < 4.78 is 0. The van der Waals surface area contributed by atoms with Crippen molar-refractivity contribution in [2.75, 3.05) is 0 Å². The average Bonchev–Trinajstić information content (AvgIpc) is 2.86. The van der Waals surface area contributed by atoms with Gasteiger partial charge in [0.05, 0.1) is 5.92 Å². The molecule has 0 saturated heterocycles. The van der Waals surface area contributed by atoms with E-state index in [2.05, 4.69) is 44.9 Å². The molecule has 0 spiro atoms. The first-order valence-corrected chi connectivity index (χ1v) is 6.05. The van der Waals surface area contributed by atoms with Gasteiger partial charge in [-0.1, -0.05) is 24.3 Å². The molecule has 2 aliphatic rings. The Morgan fingerprint density at radius 3 is 3.11 bits per heavy atom. The Labute approximate surface area is 103 Å². The lowest BCUT2D eigenvalue weighted by Crippen LogP contribution is -2.38. The molecule has 0 fully saturated rings. The highest BCUT2D eigenvalue weighted by molar-refractivity contribution is 5.85. The van der Waals surface area contributed by atoms with Crippen LogP contribution in [0.3, 0.4) is 0 Å². The lowest BCUT2D eigenvalue weighted by Gasteiger charge is -2.34. The molecule has 2 atom stereocenters. The fraction of sp³-hybridized carbons (Fsp3) is 0.333. The molecule has 0 radical (unpaired) electrons. The lowest BCUT2D eigenvalue weighted by atomic mass is 9.73. The summed E-state index contributed by atoms with van der Waals surface area (Å²) in [5, 5.41) is 15.9. The van der Waals surface area contributed by atoms with Gasteiger partial charge in [-0.3, -0.25) is 0 Å². The first-order chi connectivity index (χ1) is 8.84. The van der Waals surface area contributed by atoms with Crippen molar-refractivity contribution >= 4 is 5.84 Å². The van der Waals surface area contributed by atoms with Gasteiger partial charge in [0, 0.05) is 5.92 Å². The van der Waals surface area contributed by atoms with Crippen LogP contribution in [0.5, 0.6) is 0 Å². The quantitative estimate of drug-likeness (QED) is 0.727. The molecule has 1 aliphatic heterocycles. The van der Waals surface area contributed by atoms with Gasteiger partial charge in [-0.2, -0.15) is 0 Å². The van der Waals surface area contributed by atoms with Crippen molar-refractivity contribution in [2.24, 2.45) is 16.8 Å². The highest BCUT2D eigenvalue weighted by Gasteiger charge is 2.39. The number of hydrogen-bond donors (Lipinski definition) is 1. The van der Waals surface area contributed by atoms with Crippen LogP contribution in [0.15, 0.2) is 29.4 Å². The maximum atomic E-state index is 6.05. The van der Waals surface area contributed by atoms with Gasteiger partial charge in [-0.05, 0) is 34.4 Å². The van der Waals surface area contributed by atoms with Crippen molar-refractivity contribution < 1.29 is 0 Å². The average molecular weight is 240 g/mol. The van der Waals surface area contributed by atoms with E-state index >= 15 is 0 Å². The fourth-order valence-corrected chi connectivity index (χ4v) is 3.03. The molecule has 2 heterocycles. The summed E-state index contributed by atoms with van der Waals surface area (Å²) in [6.07, 6.45) is 2.04. The Balaban J connectivity index is 1.96. The van der Waals surface area contributed by atoms with Gasteiger partial charge in [-0.25, -0.2) is 0 Å². The van der Waals surface area contributed by atoms with E-state index in [4.69, 9.17) is 5.73 Å². The summed E-state index contributed by atoms with van der Waals surface area (Å²) in [5.74, 6) is 1.79. The molecule has 2 aromatic rings. The highest BCUT2D eigenvalue weighted by Crippen LogP contribution is 2.41. The van der Waals surface area contributed by atoms with Crippen molar-refractivity contribution in [1.82, 2.24) is 20.3 Å². The second-order valence-electron chi connectivity index (χ2n) is 4.77. The number of nitrogens with zero attached hydrogens (tertiary/aromatic N) is 5. The first-order valence-electron chi connectivity index (χ1n) is 6.05. The standard InChI is InChI=1S/C12H12N6/c13-11-9-6-5-7-3-1-2-4-8(7)10(9)12-14-16-17-18(12)15-11/h1-4,9-10H,5-6H2,(H2,13,15). The molecule has 1 aromatic heterocycles. The van der Waals surface area contributed by atoms with Gasteiger partial charge in [0.2, 0.25) is 0 Å². The van der Waals surface area contributed by atoms with Crippen molar-refractivity contribution in [2.45, 2.75) is 18.8 Å². The monoisotopic (exact) mass is 240 g/mol. The van der Waals surface area contributed by atoms with Gasteiger partial charge in [0.1, 0.15) is 5.84 Å². The van der Waals surface area contributed by atoms with Gasteiger partial charge in [-0.15, -0.1) is 15.0 Å². The summed E-state index contributed by atoms with van der Waals surface area (Å²) in [4.78, 5) is 1.46. The van der Waals surface area contributed by atoms with Gasteiger partial charge >= 0.3 is 0 Å². The molecule has 2 unspecified atom stereocenters. The normalized spacial score (nSPS) is 24.8. The molecule has 0 amide bonds. The summed E-state index contributed by atoms with van der Waals surface area (Å²) >= 11 is 0. The second kappa shape index (κ2) is 3.38. The third-order valence-corrected chi connectivity index (χ3v) is 3.86. The van der Waals surface area contributed by atoms with Crippen LogP contribution in [-0.4, -0.2) is 26.2 Å². The molecule has 6 heteroatoms. The number of fused-ring (bicyclic) bond motifs is 5. The molecule has 4 rings (SSSR count). The number of amidine groups is 1. The molecule has 1 aliphatic carbocycles. The maximum absolute atomic E-state index is 6.05. The molecule has 0 saturated carbocycles. The van der Waals surface area contributed by atoms with Crippen LogP contribution in [0.1, 0.15) is 29.3 Å². The van der Waals surface area contributed by atoms with E-state index in [-0.39, 0.29) is 11.8 Å². The Kier molecular flexibility index (Phi) is 1.83. The molecule has 90 valence electrons. The Bertz CT molecular complexity index is 644. The molecule has 0 bridgehead atoms. The second-order valence-corrected chi connectivity index (χ2v) is 4.77. The van der Waals surface area contributed by atoms with Gasteiger partial charge < -0.3 is 5.73 Å². The van der Waals surface area contributed by atoms with Crippen molar-refractivity contribution in [3.8, 4) is 0 Å². The molecule has 2 N–H and O–H groups in total. The minimum atomic E-state index is 0.141. The maximum Gasteiger partial charge on any atom is 0.185 e. The minimum absolute atomic E-state index is 0.141. The van der Waals surface area contributed by atoms with Crippen molar-refractivity contribution in [3.63, 3.8) is 0 Å². The van der Waals surface area contributed by atoms with Crippen molar-refractivity contribution in [1.29, 1.82) is 0 Å². The van der Waals surface area contributed by atoms with Crippen molar-refractivity contribution in [3.05, 3.63) is 41.2 Å². The third-order valence-electron chi connectivity index (χ3n) is 3.86. The van der Waals surface area contributed by atoms with E-state index in [0.717, 1.165) is 18.7 Å². The largest absolute Gasteiger partial charge is 0.385 e. The highest BCUT2D eigenvalue weighted by atomic mass is 15.7. The number of aromatic nitrogens is 4. The van der Waals surface area contributed by atoms with Crippen LogP contribution in [0.4, 0.5) is 0 Å². The SMILES string of the molecule is NC1=Nn2nnnc2C2c3ccccc3CCC12. The molecule has 1 aromatic carbocycles. The topological polar surface area (TPSA) is 82.0 Å². The van der Waals surface area contributed by atoms with E-state index in [9.17, 15) is 0 Å². The number of benzene rings is 1. The van der Waals surface area contributed by atoms with E-state index < -0.39 is 0 Å². The number of rotatable bonds is 0. The van der Waals surface area contributed by atoms with Crippen LogP contribution < -0.4 is 5.73 Å². The van der Waals surface area contributed by atoms with Crippen LogP contribution in [0.2, 0.25) is 0 Å². The Morgan fingerprint density at radius 1 is 1.28 bits per heavy atom. The smallest absolute Gasteiger partial charge is 0.185 e. The summed E-state index contributed by atoms with van der Waals surface area (Å²) in [6, 6.07) is 8.44. The third kappa shape index (κ3) is 1.17. The zero-order valence-corrected chi connectivity index (χ0v) is 9.69. The van der Waals surface area contributed by atoms with E-state index in [1.54, 1.807) is 0 Å². The molecule has 6 nitrogen and oxygen atoms in total. The van der Waals surface area contributed by atoms with Crippen LogP contribution >= 0.6 is 0 Å². The van der Waals surface area contributed by atoms with Gasteiger partial charge in [0.15, 0.2) is 5.82 Å². The zero-order chi connectivity index (χ0) is 12.1. The zero-order valence-electron chi connectivity index (χ0n) is 9.69. The number of hydrogen-bond acceptors (Lipinski definition) is 5. The summed E-state index contributed by atoms with van der Waals surface area (Å²) in [7, 11) is 0.